The molecule has 4 heteroatoms. The van der Waals surface area contributed by atoms with Gasteiger partial charge in [-0.25, -0.2) is 0 Å². The number of hydrogen-bond acceptors (Lipinski definition) is 3. The molecule has 99 heavy (non-hydrogen) atoms. The van der Waals surface area contributed by atoms with Crippen LogP contribution in [0.2, 0.25) is 0 Å². The van der Waals surface area contributed by atoms with Crippen molar-refractivity contribution < 1.29 is 0 Å². The molecule has 0 N–H and O–H groups in total. The summed E-state index contributed by atoms with van der Waals surface area (Å²) >= 11 is 0. The Morgan fingerprint density at radius 2 is 0.566 bits per heavy atom. The highest BCUT2D eigenvalue weighted by atomic mass is 15.2. The van der Waals surface area contributed by atoms with Crippen molar-refractivity contribution in [1.82, 2.24) is 0 Å². The molecule has 0 unspecified atom stereocenters. The van der Waals surface area contributed by atoms with Crippen LogP contribution in [0.25, 0.3) is 89.0 Å². The van der Waals surface area contributed by atoms with Crippen molar-refractivity contribution in [2.75, 3.05) is 14.7 Å². The van der Waals surface area contributed by atoms with Crippen molar-refractivity contribution in [3.05, 3.63) is 314 Å². The first-order valence-corrected chi connectivity index (χ1v) is 36.1. The molecule has 0 aromatic heterocycles. The van der Waals surface area contributed by atoms with Gasteiger partial charge in [0.1, 0.15) is 0 Å². The fourth-order valence-electron chi connectivity index (χ4n) is 18.0. The second kappa shape index (κ2) is 24.1. The van der Waals surface area contributed by atoms with Crippen LogP contribution in [0.15, 0.2) is 303 Å². The fourth-order valence-corrected chi connectivity index (χ4v) is 18.0. The summed E-state index contributed by atoms with van der Waals surface area (Å²) in [5.74, 6) is 1.56. The minimum Gasteiger partial charge on any atom is -0.365 e. The van der Waals surface area contributed by atoms with Crippen LogP contribution in [-0.4, -0.2) is 18.8 Å². The lowest BCUT2D eigenvalue weighted by atomic mass is 9.33. The lowest BCUT2D eigenvalue weighted by Crippen LogP contribution is -2.62. The van der Waals surface area contributed by atoms with Crippen LogP contribution < -0.4 is 31.1 Å². The third kappa shape index (κ3) is 10.7. The van der Waals surface area contributed by atoms with Crippen molar-refractivity contribution >= 4 is 62.9 Å². The Morgan fingerprint density at radius 1 is 0.273 bits per heavy atom. The summed E-state index contributed by atoms with van der Waals surface area (Å²) in [6.45, 7) is 13.7. The molecule has 6 aliphatic rings. The van der Waals surface area contributed by atoms with Gasteiger partial charge >= 0.3 is 0 Å². The van der Waals surface area contributed by atoms with Crippen molar-refractivity contribution in [1.29, 1.82) is 0 Å². The molecule has 4 heterocycles. The highest BCUT2D eigenvalue weighted by molar-refractivity contribution is 7.00. The highest BCUT2D eigenvalue weighted by Crippen LogP contribution is 2.58. The second-order valence-electron chi connectivity index (χ2n) is 30.9. The SMILES string of the molecule is CC(C)(C)c1ccc(-c2ccc3c(c2)B2c4cc(-c5ccc(C(C)(C)C)cc5)ccc4N(c4c(-c5ccccc5)cc(-c5ccccc5)cc4-c4ccccc4)c4cc(N5C6CC7CC(C6)CC5C7)cc(c42)N3c2c(-c3ccccc3)cc(-c3ccccc3)cc2-c2ccccc2)cc1. The maximum absolute atomic E-state index is 2.96. The summed E-state index contributed by atoms with van der Waals surface area (Å²) in [5.41, 5.74) is 34.0. The Labute approximate surface area is 585 Å². The molecule has 2 saturated carbocycles. The van der Waals surface area contributed by atoms with E-state index in [-0.39, 0.29) is 17.5 Å². The van der Waals surface area contributed by atoms with Crippen LogP contribution in [-0.2, 0) is 10.8 Å². The molecule has 19 rings (SSSR count). The molecule has 13 aromatic rings. The van der Waals surface area contributed by atoms with Crippen LogP contribution in [0.5, 0.6) is 0 Å². The standard InChI is InChI=1S/C95H82BN3/c1-94(2,3)76-43-37-66(38-44-76)72-41-47-87-85(58-72)96-86-59-73(67-39-45-77(46-40-67)95(4,5)6)42-48-88(86)99(93-83(70-33-21-11-22-34-70)56-75(65-27-15-8-16-28-65)57-84(93)71-35-23-12-24-36-71)90-61-80(97-78-50-62-49-63(52-78)53-79(97)51-62)60-89(91(90)96)98(87)92-81(68-29-17-9-18-30-68)54-74(64-25-13-7-14-26-64)55-82(92)69-31-19-10-20-32-69/h7-48,54-63,78-79H,49-53H2,1-6H3. The van der Waals surface area contributed by atoms with Crippen LogP contribution in [0.4, 0.5) is 39.8 Å². The summed E-state index contributed by atoms with van der Waals surface area (Å²) in [6, 6.07) is 117. The molecule has 4 fully saturated rings. The number of piperidine rings is 2. The van der Waals surface area contributed by atoms with Gasteiger partial charge in [0.25, 0.3) is 6.71 Å². The fraction of sp³-hybridized carbons (Fsp3) is 0.179. The molecule has 3 nitrogen and oxygen atoms in total. The molecule has 0 radical (unpaired) electrons. The number of rotatable bonds is 11. The minimum absolute atomic E-state index is 0.00907. The Morgan fingerprint density at radius 3 is 0.879 bits per heavy atom. The van der Waals surface area contributed by atoms with E-state index < -0.39 is 0 Å². The zero-order chi connectivity index (χ0) is 66.7. The molecule has 0 atom stereocenters. The van der Waals surface area contributed by atoms with Gasteiger partial charge in [-0.05, 0) is 198 Å². The van der Waals surface area contributed by atoms with Gasteiger partial charge in [-0.1, -0.05) is 296 Å². The highest BCUT2D eigenvalue weighted by Gasteiger charge is 2.50. The average Bonchev–Trinajstić information content (AvgIpc) is 0.685. The summed E-state index contributed by atoms with van der Waals surface area (Å²) in [5, 5.41) is 0. The molecular formula is C95H82BN3. The third-order valence-corrected chi connectivity index (χ3v) is 22.6. The van der Waals surface area contributed by atoms with Crippen LogP contribution in [0.1, 0.15) is 84.8 Å². The molecular weight excluding hydrogens is 1190 g/mol. The molecule has 0 spiro atoms. The van der Waals surface area contributed by atoms with Crippen LogP contribution >= 0.6 is 0 Å². The van der Waals surface area contributed by atoms with Gasteiger partial charge in [-0.15, -0.1) is 0 Å². The monoisotopic (exact) mass is 1280 g/mol. The Kier molecular flexibility index (Phi) is 14.8. The first-order chi connectivity index (χ1) is 48.3. The number of hydrogen-bond donors (Lipinski definition) is 0. The second-order valence-corrected chi connectivity index (χ2v) is 30.9. The van der Waals surface area contributed by atoms with Gasteiger partial charge in [0, 0.05) is 62.8 Å². The van der Waals surface area contributed by atoms with Gasteiger partial charge in [0.05, 0.1) is 11.4 Å². The Balaban J connectivity index is 1.01. The first kappa shape index (κ1) is 60.7. The molecule has 4 bridgehead atoms. The summed E-state index contributed by atoms with van der Waals surface area (Å²) in [7, 11) is 0. The number of nitrogens with zero attached hydrogens (tertiary/aromatic N) is 3. The van der Waals surface area contributed by atoms with E-state index in [2.05, 4.69) is 360 Å². The minimum atomic E-state index is -0.203. The normalized spacial score (nSPS) is 17.3. The third-order valence-electron chi connectivity index (χ3n) is 22.6. The lowest BCUT2D eigenvalue weighted by molar-refractivity contribution is 0.0900. The van der Waals surface area contributed by atoms with Gasteiger partial charge in [-0.2, -0.15) is 0 Å². The van der Waals surface area contributed by atoms with Crippen molar-refractivity contribution in [3.63, 3.8) is 0 Å². The van der Waals surface area contributed by atoms with Gasteiger partial charge in [0.15, 0.2) is 0 Å². The molecule has 2 saturated heterocycles. The Hall–Kier alpha value is -10.7. The van der Waals surface area contributed by atoms with Crippen molar-refractivity contribution in [2.24, 2.45) is 11.8 Å². The Bertz CT molecular complexity index is 4740. The van der Waals surface area contributed by atoms with Gasteiger partial charge < -0.3 is 14.7 Å². The topological polar surface area (TPSA) is 9.72 Å². The maximum atomic E-state index is 2.96. The van der Waals surface area contributed by atoms with E-state index in [1.54, 1.807) is 0 Å². The molecule has 4 aliphatic heterocycles. The zero-order valence-corrected chi connectivity index (χ0v) is 57.6. The van der Waals surface area contributed by atoms with E-state index in [1.807, 2.05) is 0 Å². The van der Waals surface area contributed by atoms with Gasteiger partial charge in [0.2, 0.25) is 0 Å². The maximum Gasteiger partial charge on any atom is 0.252 e. The van der Waals surface area contributed by atoms with Crippen LogP contribution in [0.3, 0.4) is 0 Å². The first-order valence-electron chi connectivity index (χ1n) is 36.1. The van der Waals surface area contributed by atoms with E-state index in [4.69, 9.17) is 0 Å². The van der Waals surface area contributed by atoms with E-state index >= 15 is 0 Å². The summed E-state index contributed by atoms with van der Waals surface area (Å²) in [6.07, 6.45) is 6.36. The number of anilines is 7. The predicted molar refractivity (Wildman–Crippen MR) is 421 cm³/mol. The largest absolute Gasteiger partial charge is 0.365 e. The lowest BCUT2D eigenvalue weighted by Gasteiger charge is -2.58. The number of benzene rings is 13. The smallest absolute Gasteiger partial charge is 0.252 e. The van der Waals surface area contributed by atoms with Crippen LogP contribution in [0, 0.1) is 11.8 Å². The quantitative estimate of drug-likeness (QED) is 0.120. The van der Waals surface area contributed by atoms with Gasteiger partial charge in [-0.3, -0.25) is 0 Å². The average molecular weight is 1280 g/mol. The van der Waals surface area contributed by atoms with Crippen molar-refractivity contribution in [2.45, 2.75) is 96.6 Å². The number of fused-ring (bicyclic) bond motifs is 4. The van der Waals surface area contributed by atoms with E-state index in [1.165, 1.54) is 188 Å². The summed E-state index contributed by atoms with van der Waals surface area (Å²) in [4.78, 5) is 8.49. The van der Waals surface area contributed by atoms with E-state index in [0.717, 1.165) is 11.8 Å². The summed E-state index contributed by atoms with van der Waals surface area (Å²) < 4.78 is 0. The zero-order valence-electron chi connectivity index (χ0n) is 57.6. The van der Waals surface area contributed by atoms with E-state index in [9.17, 15) is 0 Å². The molecule has 0 amide bonds. The van der Waals surface area contributed by atoms with E-state index in [0.29, 0.717) is 12.1 Å². The molecule has 13 aromatic carbocycles. The predicted octanol–water partition coefficient (Wildman–Crippen LogP) is 23.5. The molecule has 480 valence electrons. The molecule has 2 aliphatic carbocycles. The van der Waals surface area contributed by atoms with Crippen molar-refractivity contribution in [3.8, 4) is 89.0 Å².